The first-order valence-corrected chi connectivity index (χ1v) is 8.29. The Labute approximate surface area is 147 Å². The van der Waals surface area contributed by atoms with Crippen LogP contribution in [0.15, 0.2) is 72.8 Å². The van der Waals surface area contributed by atoms with Gasteiger partial charge in [0.15, 0.2) is 0 Å². The van der Waals surface area contributed by atoms with Gasteiger partial charge in [0, 0.05) is 5.69 Å². The van der Waals surface area contributed by atoms with E-state index in [1.807, 2.05) is 67.6 Å². The van der Waals surface area contributed by atoms with E-state index in [0.29, 0.717) is 0 Å². The molecule has 124 valence electrons. The maximum Gasteiger partial charge on any atom is 0.239 e. The van der Waals surface area contributed by atoms with Gasteiger partial charge < -0.3 is 10.1 Å². The van der Waals surface area contributed by atoms with E-state index in [0.717, 1.165) is 33.7 Å². The van der Waals surface area contributed by atoms with Crippen LogP contribution in [-0.4, -0.2) is 13.0 Å². The Kier molecular flexibility index (Phi) is 3.57. The Hall–Kier alpha value is -3.07. The molecule has 0 fully saturated rings. The van der Waals surface area contributed by atoms with Crippen LogP contribution in [0, 0.1) is 0 Å². The van der Waals surface area contributed by atoms with Gasteiger partial charge in [-0.05, 0) is 53.4 Å². The lowest BCUT2D eigenvalue weighted by Crippen LogP contribution is -2.37. The second-order valence-electron chi connectivity index (χ2n) is 6.40. The van der Waals surface area contributed by atoms with Crippen LogP contribution in [0.3, 0.4) is 0 Å². The molecule has 0 heterocycles. The van der Waals surface area contributed by atoms with Gasteiger partial charge in [0.25, 0.3) is 0 Å². The summed E-state index contributed by atoms with van der Waals surface area (Å²) in [6.07, 6.45) is 0. The molecule has 1 aliphatic carbocycles. The second kappa shape index (κ2) is 5.78. The Morgan fingerprint density at radius 3 is 1.88 bits per heavy atom. The van der Waals surface area contributed by atoms with Crippen molar-refractivity contribution in [2.45, 2.75) is 12.3 Å². The molecular formula is C22H19NO2. The van der Waals surface area contributed by atoms with Gasteiger partial charge in [-0.15, -0.1) is 0 Å². The highest BCUT2D eigenvalue weighted by atomic mass is 16.5. The van der Waals surface area contributed by atoms with E-state index in [1.54, 1.807) is 7.11 Å². The van der Waals surface area contributed by atoms with Gasteiger partial charge in [0.05, 0.1) is 12.5 Å². The summed E-state index contributed by atoms with van der Waals surface area (Å²) >= 11 is 0. The number of rotatable bonds is 3. The van der Waals surface area contributed by atoms with Crippen LogP contribution in [0.2, 0.25) is 0 Å². The molecule has 25 heavy (non-hydrogen) atoms. The predicted octanol–water partition coefficient (Wildman–Crippen LogP) is 4.62. The van der Waals surface area contributed by atoms with Crippen molar-refractivity contribution in [3.8, 4) is 16.9 Å². The largest absolute Gasteiger partial charge is 0.497 e. The number of amides is 1. The summed E-state index contributed by atoms with van der Waals surface area (Å²) < 4.78 is 5.17. The third kappa shape index (κ3) is 2.31. The third-order valence-corrected chi connectivity index (χ3v) is 5.02. The van der Waals surface area contributed by atoms with E-state index < -0.39 is 5.41 Å². The zero-order chi connectivity index (χ0) is 17.4. The number of ether oxygens (including phenoxy) is 1. The van der Waals surface area contributed by atoms with Crippen molar-refractivity contribution in [2.24, 2.45) is 0 Å². The van der Waals surface area contributed by atoms with E-state index in [9.17, 15) is 4.79 Å². The molecule has 1 aliphatic rings. The molecule has 3 aromatic rings. The molecule has 3 heteroatoms. The average molecular weight is 329 g/mol. The summed E-state index contributed by atoms with van der Waals surface area (Å²) in [5.74, 6) is 0.732. The number of methoxy groups -OCH3 is 1. The van der Waals surface area contributed by atoms with Gasteiger partial charge in [0.2, 0.25) is 5.91 Å². The lowest BCUT2D eigenvalue weighted by atomic mass is 9.79. The molecule has 1 N–H and O–H groups in total. The number of carbonyl (C=O) groups is 1. The molecule has 0 saturated carbocycles. The van der Waals surface area contributed by atoms with E-state index in [4.69, 9.17) is 4.74 Å². The standard InChI is InChI=1S/C22H19NO2/c1-22(21(24)23-15-11-13-16(25-2)14-12-15)19-9-5-3-7-17(19)18-8-4-6-10-20(18)22/h3-14H,1-2H3,(H,23,24). The van der Waals surface area contributed by atoms with Gasteiger partial charge >= 0.3 is 0 Å². The van der Waals surface area contributed by atoms with E-state index in [2.05, 4.69) is 17.4 Å². The first kappa shape index (κ1) is 15.5. The lowest BCUT2D eigenvalue weighted by molar-refractivity contribution is -0.119. The van der Waals surface area contributed by atoms with Crippen molar-refractivity contribution in [2.75, 3.05) is 12.4 Å². The summed E-state index contributed by atoms with van der Waals surface area (Å²) in [7, 11) is 1.63. The predicted molar refractivity (Wildman–Crippen MR) is 100.0 cm³/mol. The van der Waals surface area contributed by atoms with Crippen LogP contribution >= 0.6 is 0 Å². The Bertz CT molecular complexity index is 899. The monoisotopic (exact) mass is 329 g/mol. The molecule has 0 aliphatic heterocycles. The zero-order valence-electron chi connectivity index (χ0n) is 14.2. The lowest BCUT2D eigenvalue weighted by Gasteiger charge is -2.26. The number of hydrogen-bond acceptors (Lipinski definition) is 2. The Balaban J connectivity index is 1.76. The summed E-state index contributed by atoms with van der Waals surface area (Å²) in [5, 5.41) is 3.06. The van der Waals surface area contributed by atoms with Crippen molar-refractivity contribution < 1.29 is 9.53 Å². The topological polar surface area (TPSA) is 38.3 Å². The fraction of sp³-hybridized carbons (Fsp3) is 0.136. The van der Waals surface area contributed by atoms with Crippen molar-refractivity contribution in [1.29, 1.82) is 0 Å². The molecule has 4 rings (SSSR count). The molecule has 0 spiro atoms. The van der Waals surface area contributed by atoms with Crippen molar-refractivity contribution in [1.82, 2.24) is 0 Å². The number of carbonyl (C=O) groups excluding carboxylic acids is 1. The van der Waals surface area contributed by atoms with Crippen molar-refractivity contribution in [3.63, 3.8) is 0 Å². The molecule has 3 aromatic carbocycles. The van der Waals surface area contributed by atoms with Crippen LogP contribution in [-0.2, 0) is 10.2 Å². The Morgan fingerprint density at radius 2 is 1.36 bits per heavy atom. The van der Waals surface area contributed by atoms with Gasteiger partial charge in [0.1, 0.15) is 5.75 Å². The highest BCUT2D eigenvalue weighted by Crippen LogP contribution is 2.49. The van der Waals surface area contributed by atoms with Crippen LogP contribution in [0.4, 0.5) is 5.69 Å². The average Bonchev–Trinajstić information content (AvgIpc) is 2.93. The van der Waals surface area contributed by atoms with Crippen LogP contribution in [0.25, 0.3) is 11.1 Å². The highest BCUT2D eigenvalue weighted by Gasteiger charge is 2.44. The Morgan fingerprint density at radius 1 is 0.840 bits per heavy atom. The molecule has 0 saturated heterocycles. The maximum absolute atomic E-state index is 13.3. The van der Waals surface area contributed by atoms with E-state index in [-0.39, 0.29) is 5.91 Å². The number of hydrogen-bond donors (Lipinski definition) is 1. The number of anilines is 1. The smallest absolute Gasteiger partial charge is 0.239 e. The number of fused-ring (bicyclic) bond motifs is 3. The van der Waals surface area contributed by atoms with Gasteiger partial charge in [-0.1, -0.05) is 48.5 Å². The summed E-state index contributed by atoms with van der Waals surface area (Å²) in [6.45, 7) is 2.00. The molecule has 0 atom stereocenters. The third-order valence-electron chi connectivity index (χ3n) is 5.02. The fourth-order valence-electron chi connectivity index (χ4n) is 3.63. The molecule has 0 radical (unpaired) electrons. The van der Waals surface area contributed by atoms with E-state index in [1.165, 1.54) is 0 Å². The minimum absolute atomic E-state index is 0.0323. The quantitative estimate of drug-likeness (QED) is 0.761. The molecule has 0 unspecified atom stereocenters. The first-order chi connectivity index (χ1) is 12.1. The van der Waals surface area contributed by atoms with Crippen molar-refractivity contribution >= 4 is 11.6 Å². The molecule has 0 aromatic heterocycles. The summed E-state index contributed by atoms with van der Waals surface area (Å²) in [6, 6.07) is 23.7. The number of benzene rings is 3. The SMILES string of the molecule is COc1ccc(NC(=O)C2(C)c3ccccc3-c3ccccc32)cc1. The maximum atomic E-state index is 13.3. The van der Waals surface area contributed by atoms with Crippen LogP contribution < -0.4 is 10.1 Å². The molecule has 1 amide bonds. The van der Waals surface area contributed by atoms with Crippen LogP contribution in [0.5, 0.6) is 5.75 Å². The molecular weight excluding hydrogens is 310 g/mol. The minimum Gasteiger partial charge on any atom is -0.497 e. The fourth-order valence-corrected chi connectivity index (χ4v) is 3.63. The summed E-state index contributed by atoms with van der Waals surface area (Å²) in [5.41, 5.74) is 4.39. The van der Waals surface area contributed by atoms with Gasteiger partial charge in [-0.2, -0.15) is 0 Å². The van der Waals surface area contributed by atoms with Crippen molar-refractivity contribution in [3.05, 3.63) is 83.9 Å². The van der Waals surface area contributed by atoms with Crippen LogP contribution in [0.1, 0.15) is 18.1 Å². The van der Waals surface area contributed by atoms with Gasteiger partial charge in [-0.25, -0.2) is 0 Å². The first-order valence-electron chi connectivity index (χ1n) is 8.29. The summed E-state index contributed by atoms with van der Waals surface area (Å²) in [4.78, 5) is 13.3. The van der Waals surface area contributed by atoms with Gasteiger partial charge in [-0.3, -0.25) is 4.79 Å². The zero-order valence-corrected chi connectivity index (χ0v) is 14.2. The molecule has 3 nitrogen and oxygen atoms in total. The number of nitrogens with one attached hydrogen (secondary N) is 1. The highest BCUT2D eigenvalue weighted by molar-refractivity contribution is 6.06. The van der Waals surface area contributed by atoms with E-state index >= 15 is 0 Å². The second-order valence-corrected chi connectivity index (χ2v) is 6.40. The molecule has 0 bridgehead atoms. The normalized spacial score (nSPS) is 13.7. The minimum atomic E-state index is -0.715.